The third-order valence-corrected chi connectivity index (χ3v) is 1.78. The first-order chi connectivity index (χ1) is 6.77. The molecule has 0 aliphatic carbocycles. The van der Waals surface area contributed by atoms with Crippen LogP contribution in [0.2, 0.25) is 0 Å². The Morgan fingerprint density at radius 3 is 2.80 bits per heavy atom. The molecule has 5 nitrogen and oxygen atoms in total. The maximum absolute atomic E-state index is 10.7. The molecule has 0 aliphatic heterocycles. The smallest absolute Gasteiger partial charge is 0.335 e. The highest BCUT2D eigenvalue weighted by molar-refractivity contribution is 5.88. The molecule has 2 rings (SSSR count). The van der Waals surface area contributed by atoms with E-state index < -0.39 is 5.97 Å². The van der Waals surface area contributed by atoms with Gasteiger partial charge in [0.05, 0.1) is 11.3 Å². The van der Waals surface area contributed by atoms with Crippen LogP contribution in [0.4, 0.5) is 0 Å². The van der Waals surface area contributed by atoms with E-state index in [9.17, 15) is 4.79 Å². The van der Waals surface area contributed by atoms with E-state index in [4.69, 9.17) is 5.11 Å². The minimum atomic E-state index is -0.952. The van der Waals surface area contributed by atoms with Crippen molar-refractivity contribution in [3.8, 4) is 5.69 Å². The first-order valence-electron chi connectivity index (χ1n) is 3.96. The highest BCUT2D eigenvalue weighted by Gasteiger charge is 2.03. The van der Waals surface area contributed by atoms with Gasteiger partial charge in [-0.1, -0.05) is 6.07 Å². The third-order valence-electron chi connectivity index (χ3n) is 1.78. The maximum Gasteiger partial charge on any atom is 0.335 e. The van der Waals surface area contributed by atoms with E-state index in [2.05, 4.69) is 10.1 Å². The molecule has 0 amide bonds. The van der Waals surface area contributed by atoms with Crippen molar-refractivity contribution in [3.63, 3.8) is 0 Å². The monoisotopic (exact) mass is 225 g/mol. The minimum Gasteiger partial charge on any atom is -0.478 e. The Labute approximate surface area is 91.8 Å². The van der Waals surface area contributed by atoms with E-state index in [0.717, 1.165) is 0 Å². The molecule has 0 fully saturated rings. The largest absolute Gasteiger partial charge is 0.478 e. The lowest BCUT2D eigenvalue weighted by atomic mass is 10.2. The highest BCUT2D eigenvalue weighted by Crippen LogP contribution is 2.08. The van der Waals surface area contributed by atoms with E-state index in [0.29, 0.717) is 5.69 Å². The molecule has 0 radical (unpaired) electrons. The number of aromatic nitrogens is 3. The summed E-state index contributed by atoms with van der Waals surface area (Å²) in [5.41, 5.74) is 0.917. The Hall–Kier alpha value is -1.88. The van der Waals surface area contributed by atoms with Gasteiger partial charge in [-0.05, 0) is 18.2 Å². The summed E-state index contributed by atoms with van der Waals surface area (Å²) in [6, 6.07) is 6.50. The number of hydrogen-bond donors (Lipinski definition) is 1. The van der Waals surface area contributed by atoms with Gasteiger partial charge in [0.1, 0.15) is 12.7 Å². The van der Waals surface area contributed by atoms with Gasteiger partial charge in [0, 0.05) is 0 Å². The molecule has 78 valence electrons. The van der Waals surface area contributed by atoms with Gasteiger partial charge >= 0.3 is 5.97 Å². The van der Waals surface area contributed by atoms with Crippen LogP contribution < -0.4 is 0 Å². The number of rotatable bonds is 2. The van der Waals surface area contributed by atoms with Gasteiger partial charge in [-0.2, -0.15) is 5.10 Å². The fourth-order valence-corrected chi connectivity index (χ4v) is 1.12. The van der Waals surface area contributed by atoms with E-state index in [-0.39, 0.29) is 18.0 Å². The van der Waals surface area contributed by atoms with Crippen molar-refractivity contribution in [3.05, 3.63) is 42.5 Å². The highest BCUT2D eigenvalue weighted by atomic mass is 35.5. The summed E-state index contributed by atoms with van der Waals surface area (Å²) in [5.74, 6) is -0.952. The topological polar surface area (TPSA) is 68.0 Å². The second-order valence-electron chi connectivity index (χ2n) is 2.70. The Balaban J connectivity index is 0.00000112. The number of carboxylic acid groups (broad SMARTS) is 1. The van der Waals surface area contributed by atoms with Gasteiger partial charge in [-0.3, -0.25) is 0 Å². The molecule has 0 unspecified atom stereocenters. The number of halogens is 1. The summed E-state index contributed by atoms with van der Waals surface area (Å²) >= 11 is 0. The molecule has 15 heavy (non-hydrogen) atoms. The summed E-state index contributed by atoms with van der Waals surface area (Å²) in [5, 5.41) is 12.7. The zero-order valence-electron chi connectivity index (χ0n) is 7.57. The first-order valence-corrected chi connectivity index (χ1v) is 3.96. The molecule has 0 spiro atoms. The van der Waals surface area contributed by atoms with Crippen LogP contribution in [0.5, 0.6) is 0 Å². The van der Waals surface area contributed by atoms with Crippen molar-refractivity contribution in [1.82, 2.24) is 14.8 Å². The SMILES string of the molecule is Cl.O=C(O)c1cccc(-n2cncn2)c1. The maximum atomic E-state index is 10.7. The number of carboxylic acids is 1. The van der Waals surface area contributed by atoms with Crippen LogP contribution >= 0.6 is 12.4 Å². The summed E-state index contributed by atoms with van der Waals surface area (Å²) in [6.07, 6.45) is 2.91. The molecule has 1 N–H and O–H groups in total. The van der Waals surface area contributed by atoms with Crippen molar-refractivity contribution in [2.24, 2.45) is 0 Å². The first kappa shape index (κ1) is 11.2. The van der Waals surface area contributed by atoms with Crippen molar-refractivity contribution in [1.29, 1.82) is 0 Å². The van der Waals surface area contributed by atoms with Gasteiger partial charge < -0.3 is 5.11 Å². The number of aromatic carboxylic acids is 1. The van der Waals surface area contributed by atoms with Crippen LogP contribution in [0.25, 0.3) is 5.69 Å². The number of nitrogens with zero attached hydrogens (tertiary/aromatic N) is 3. The number of hydrogen-bond acceptors (Lipinski definition) is 3. The molecule has 6 heteroatoms. The van der Waals surface area contributed by atoms with Gasteiger partial charge in [-0.25, -0.2) is 14.5 Å². The van der Waals surface area contributed by atoms with Crippen LogP contribution in [0, 0.1) is 0 Å². The number of carbonyl (C=O) groups is 1. The molecule has 0 bridgehead atoms. The van der Waals surface area contributed by atoms with E-state index >= 15 is 0 Å². The lowest BCUT2D eigenvalue weighted by molar-refractivity contribution is 0.0697. The second kappa shape index (κ2) is 4.56. The van der Waals surface area contributed by atoms with Crippen LogP contribution in [-0.2, 0) is 0 Å². The Kier molecular flexibility index (Phi) is 3.41. The summed E-state index contributed by atoms with van der Waals surface area (Å²) in [7, 11) is 0. The van der Waals surface area contributed by atoms with Crippen molar-refractivity contribution < 1.29 is 9.90 Å². The molecule has 0 aliphatic rings. The predicted octanol–water partition coefficient (Wildman–Crippen LogP) is 1.39. The normalized spacial score (nSPS) is 9.33. The summed E-state index contributed by atoms with van der Waals surface area (Å²) in [6.45, 7) is 0. The molecular weight excluding hydrogens is 218 g/mol. The molecule has 0 atom stereocenters. The Morgan fingerprint density at radius 1 is 1.40 bits per heavy atom. The van der Waals surface area contributed by atoms with Crippen molar-refractivity contribution in [2.75, 3.05) is 0 Å². The van der Waals surface area contributed by atoms with Crippen LogP contribution in [0.1, 0.15) is 10.4 Å². The third kappa shape index (κ3) is 2.32. The molecular formula is C9H8ClN3O2. The van der Waals surface area contributed by atoms with Crippen LogP contribution in [0.15, 0.2) is 36.9 Å². The van der Waals surface area contributed by atoms with Crippen molar-refractivity contribution >= 4 is 18.4 Å². The van der Waals surface area contributed by atoms with Gasteiger partial charge in [0.15, 0.2) is 0 Å². The predicted molar refractivity (Wildman–Crippen MR) is 55.6 cm³/mol. The van der Waals surface area contributed by atoms with Gasteiger partial charge in [0.2, 0.25) is 0 Å². The molecule has 1 aromatic heterocycles. The standard InChI is InChI=1S/C9H7N3O2.ClH/c13-9(14)7-2-1-3-8(4-7)12-6-10-5-11-12;/h1-6H,(H,13,14);1H. The molecule has 0 saturated carbocycles. The fourth-order valence-electron chi connectivity index (χ4n) is 1.12. The molecule has 1 heterocycles. The fraction of sp³-hybridized carbons (Fsp3) is 0. The second-order valence-corrected chi connectivity index (χ2v) is 2.70. The summed E-state index contributed by atoms with van der Waals surface area (Å²) in [4.78, 5) is 14.5. The Morgan fingerprint density at radius 2 is 2.20 bits per heavy atom. The average Bonchev–Trinajstić information content (AvgIpc) is 2.71. The average molecular weight is 226 g/mol. The van der Waals surface area contributed by atoms with Crippen LogP contribution in [-0.4, -0.2) is 25.8 Å². The van der Waals surface area contributed by atoms with Crippen LogP contribution in [0.3, 0.4) is 0 Å². The van der Waals surface area contributed by atoms with E-state index in [1.807, 2.05) is 0 Å². The molecule has 1 aromatic carbocycles. The Bertz CT molecular complexity index is 456. The lowest BCUT2D eigenvalue weighted by Gasteiger charge is -2.00. The minimum absolute atomic E-state index is 0. The molecule has 0 saturated heterocycles. The summed E-state index contributed by atoms with van der Waals surface area (Å²) < 4.78 is 1.51. The quantitative estimate of drug-likeness (QED) is 0.839. The van der Waals surface area contributed by atoms with Gasteiger partial charge in [-0.15, -0.1) is 12.4 Å². The number of benzene rings is 1. The molecule has 2 aromatic rings. The van der Waals surface area contributed by atoms with E-state index in [1.165, 1.54) is 29.5 Å². The lowest BCUT2D eigenvalue weighted by Crippen LogP contribution is -1.99. The van der Waals surface area contributed by atoms with Crippen molar-refractivity contribution in [2.45, 2.75) is 0 Å². The van der Waals surface area contributed by atoms with E-state index in [1.54, 1.807) is 12.1 Å². The van der Waals surface area contributed by atoms with Gasteiger partial charge in [0.25, 0.3) is 0 Å². The zero-order chi connectivity index (χ0) is 9.97. The zero-order valence-corrected chi connectivity index (χ0v) is 8.39.